The van der Waals surface area contributed by atoms with E-state index in [1.807, 2.05) is 0 Å². The van der Waals surface area contributed by atoms with Gasteiger partial charge in [-0.2, -0.15) is 0 Å². The molecule has 0 saturated heterocycles. The smallest absolute Gasteiger partial charge is 0.207 e. The molecule has 1 unspecified atom stereocenters. The Morgan fingerprint density at radius 2 is 0.931 bits per heavy atom. The number of unbranched alkanes of at least 4 members (excludes halogenated alkanes) is 9. The zero-order valence-electron chi connectivity index (χ0n) is 20.6. The molecule has 0 aliphatic heterocycles. The SMILES string of the molecule is CCCCCCC(CCCCCC)CCCC(F)(F)C(CCC)CCCCCC. The molecule has 0 bridgehead atoms. The van der Waals surface area contributed by atoms with Gasteiger partial charge in [-0.1, -0.05) is 130 Å². The van der Waals surface area contributed by atoms with E-state index >= 15 is 0 Å². The van der Waals surface area contributed by atoms with Crippen LogP contribution in [-0.4, -0.2) is 5.92 Å². The van der Waals surface area contributed by atoms with Crippen molar-refractivity contribution in [2.75, 3.05) is 0 Å². The van der Waals surface area contributed by atoms with Crippen molar-refractivity contribution in [3.63, 3.8) is 0 Å². The third-order valence-electron chi connectivity index (χ3n) is 6.69. The topological polar surface area (TPSA) is 0 Å². The number of hydrogen-bond donors (Lipinski definition) is 0. The first-order valence-electron chi connectivity index (χ1n) is 13.4. The number of hydrogen-bond acceptors (Lipinski definition) is 0. The molecule has 2 heteroatoms. The van der Waals surface area contributed by atoms with E-state index < -0.39 is 11.8 Å². The number of alkyl halides is 2. The second-order valence-corrected chi connectivity index (χ2v) is 9.55. The van der Waals surface area contributed by atoms with Crippen molar-refractivity contribution < 1.29 is 8.78 Å². The van der Waals surface area contributed by atoms with E-state index in [2.05, 4.69) is 27.7 Å². The van der Waals surface area contributed by atoms with Crippen LogP contribution in [0.3, 0.4) is 0 Å². The molecule has 29 heavy (non-hydrogen) atoms. The highest BCUT2D eigenvalue weighted by Crippen LogP contribution is 2.37. The van der Waals surface area contributed by atoms with E-state index in [0.29, 0.717) is 18.8 Å². The Kier molecular flexibility index (Phi) is 19.7. The molecular formula is C27H54F2. The second kappa shape index (κ2) is 19.8. The van der Waals surface area contributed by atoms with Gasteiger partial charge in [0, 0.05) is 12.3 Å². The molecule has 0 N–H and O–H groups in total. The predicted octanol–water partition coefficient (Wildman–Crippen LogP) is 10.7. The van der Waals surface area contributed by atoms with Gasteiger partial charge in [0.15, 0.2) is 0 Å². The van der Waals surface area contributed by atoms with Gasteiger partial charge in [0.25, 0.3) is 5.92 Å². The summed E-state index contributed by atoms with van der Waals surface area (Å²) in [6.07, 6.45) is 21.5. The summed E-state index contributed by atoms with van der Waals surface area (Å²) in [7, 11) is 0. The van der Waals surface area contributed by atoms with Crippen LogP contribution >= 0.6 is 0 Å². The van der Waals surface area contributed by atoms with Crippen LogP contribution in [-0.2, 0) is 0 Å². The molecule has 0 amide bonds. The monoisotopic (exact) mass is 416 g/mol. The first-order chi connectivity index (χ1) is 14.0. The summed E-state index contributed by atoms with van der Waals surface area (Å²) in [5, 5.41) is 0. The number of halogens is 2. The van der Waals surface area contributed by atoms with Crippen molar-refractivity contribution in [3.05, 3.63) is 0 Å². The largest absolute Gasteiger partial charge is 0.250 e. The third-order valence-corrected chi connectivity index (χ3v) is 6.69. The zero-order valence-corrected chi connectivity index (χ0v) is 20.6. The minimum atomic E-state index is -2.46. The molecule has 0 spiro atoms. The summed E-state index contributed by atoms with van der Waals surface area (Å²) in [4.78, 5) is 0. The highest BCUT2D eigenvalue weighted by atomic mass is 19.3. The van der Waals surface area contributed by atoms with Gasteiger partial charge in [0.1, 0.15) is 0 Å². The molecular weight excluding hydrogens is 362 g/mol. The lowest BCUT2D eigenvalue weighted by Gasteiger charge is -2.28. The van der Waals surface area contributed by atoms with Crippen LogP contribution in [0, 0.1) is 11.8 Å². The predicted molar refractivity (Wildman–Crippen MR) is 127 cm³/mol. The van der Waals surface area contributed by atoms with Crippen molar-refractivity contribution in [1.29, 1.82) is 0 Å². The first kappa shape index (κ1) is 28.9. The maximum atomic E-state index is 14.9. The van der Waals surface area contributed by atoms with Crippen molar-refractivity contribution >= 4 is 0 Å². The fourth-order valence-electron chi connectivity index (χ4n) is 4.72. The van der Waals surface area contributed by atoms with E-state index in [4.69, 9.17) is 0 Å². The lowest BCUT2D eigenvalue weighted by Crippen LogP contribution is -2.28. The lowest BCUT2D eigenvalue weighted by atomic mass is 9.85. The molecule has 0 nitrogen and oxygen atoms in total. The Labute approximate surface area is 183 Å². The molecule has 0 radical (unpaired) electrons. The minimum absolute atomic E-state index is 0.117. The van der Waals surface area contributed by atoms with Crippen LogP contribution in [0.25, 0.3) is 0 Å². The van der Waals surface area contributed by atoms with E-state index in [0.717, 1.165) is 32.1 Å². The molecule has 0 aliphatic carbocycles. The molecule has 0 aromatic carbocycles. The molecule has 0 aromatic heterocycles. The average Bonchev–Trinajstić information content (AvgIpc) is 2.70. The Balaban J connectivity index is 4.43. The van der Waals surface area contributed by atoms with E-state index in [1.165, 1.54) is 77.0 Å². The van der Waals surface area contributed by atoms with Crippen molar-refractivity contribution in [3.8, 4) is 0 Å². The van der Waals surface area contributed by atoms with E-state index in [1.54, 1.807) is 0 Å². The quantitative estimate of drug-likeness (QED) is 0.154. The third kappa shape index (κ3) is 16.3. The molecule has 0 fully saturated rings. The highest BCUT2D eigenvalue weighted by Gasteiger charge is 2.37. The van der Waals surface area contributed by atoms with Gasteiger partial charge in [-0.3, -0.25) is 0 Å². The molecule has 0 aromatic rings. The van der Waals surface area contributed by atoms with E-state index in [9.17, 15) is 8.78 Å². The lowest BCUT2D eigenvalue weighted by molar-refractivity contribution is -0.0744. The maximum Gasteiger partial charge on any atom is 0.250 e. The standard InChI is InChI=1S/C27H54F2/c1-5-9-12-15-20-25(21-16-13-10-6-2)22-18-24-27(28,29)26(19-8-4)23-17-14-11-7-3/h25-26H,5-24H2,1-4H3. The van der Waals surface area contributed by atoms with Gasteiger partial charge in [0.2, 0.25) is 0 Å². The van der Waals surface area contributed by atoms with Crippen molar-refractivity contribution in [2.45, 2.75) is 162 Å². The molecule has 0 saturated carbocycles. The summed E-state index contributed by atoms with van der Waals surface area (Å²) in [5.74, 6) is -2.18. The molecule has 0 heterocycles. The fraction of sp³-hybridized carbons (Fsp3) is 1.00. The van der Waals surface area contributed by atoms with Crippen LogP contribution in [0.4, 0.5) is 8.78 Å². The van der Waals surface area contributed by atoms with Gasteiger partial charge in [-0.25, -0.2) is 8.78 Å². The summed E-state index contributed by atoms with van der Waals surface area (Å²) >= 11 is 0. The molecule has 176 valence electrons. The normalized spacial score (nSPS) is 13.3. The molecule has 0 rings (SSSR count). The Hall–Kier alpha value is -0.140. The van der Waals surface area contributed by atoms with Gasteiger partial charge in [0.05, 0.1) is 0 Å². The average molecular weight is 417 g/mol. The van der Waals surface area contributed by atoms with Crippen molar-refractivity contribution in [2.24, 2.45) is 11.8 Å². The van der Waals surface area contributed by atoms with Gasteiger partial charge < -0.3 is 0 Å². The van der Waals surface area contributed by atoms with Crippen molar-refractivity contribution in [1.82, 2.24) is 0 Å². The second-order valence-electron chi connectivity index (χ2n) is 9.55. The van der Waals surface area contributed by atoms with Crippen LogP contribution < -0.4 is 0 Å². The highest BCUT2D eigenvalue weighted by molar-refractivity contribution is 4.78. The van der Waals surface area contributed by atoms with Gasteiger partial charge in [-0.05, 0) is 25.2 Å². The fourth-order valence-corrected chi connectivity index (χ4v) is 4.72. The van der Waals surface area contributed by atoms with Crippen LogP contribution in [0.5, 0.6) is 0 Å². The minimum Gasteiger partial charge on any atom is -0.207 e. The Morgan fingerprint density at radius 3 is 1.38 bits per heavy atom. The summed E-state index contributed by atoms with van der Waals surface area (Å²) in [6.45, 7) is 8.73. The Bertz CT molecular complexity index is 314. The first-order valence-corrected chi connectivity index (χ1v) is 13.4. The zero-order chi connectivity index (χ0) is 21.8. The molecule has 0 aliphatic rings. The summed E-state index contributed by atoms with van der Waals surface area (Å²) in [5.41, 5.74) is 0. The summed E-state index contributed by atoms with van der Waals surface area (Å²) in [6, 6.07) is 0. The molecule has 1 atom stereocenters. The number of rotatable bonds is 22. The Morgan fingerprint density at radius 1 is 0.483 bits per heavy atom. The van der Waals surface area contributed by atoms with Crippen LogP contribution in [0.1, 0.15) is 156 Å². The van der Waals surface area contributed by atoms with E-state index in [-0.39, 0.29) is 6.42 Å². The summed E-state index contributed by atoms with van der Waals surface area (Å²) < 4.78 is 29.9. The van der Waals surface area contributed by atoms with Crippen LogP contribution in [0.15, 0.2) is 0 Å². The van der Waals surface area contributed by atoms with Gasteiger partial charge in [-0.15, -0.1) is 0 Å². The maximum absolute atomic E-state index is 14.9. The van der Waals surface area contributed by atoms with Gasteiger partial charge >= 0.3 is 0 Å². The van der Waals surface area contributed by atoms with Crippen LogP contribution in [0.2, 0.25) is 0 Å².